The zero-order valence-electron chi connectivity index (χ0n) is 9.76. The first-order valence-electron chi connectivity index (χ1n) is 5.41. The lowest BCUT2D eigenvalue weighted by Crippen LogP contribution is -2.40. The molecule has 1 aliphatic rings. The predicted molar refractivity (Wildman–Crippen MR) is 68.5 cm³/mol. The van der Waals surface area contributed by atoms with Crippen LogP contribution in [0.2, 0.25) is 5.02 Å². The quantitative estimate of drug-likeness (QED) is 0.652. The number of hydrogen-bond acceptors (Lipinski definition) is 5. The Labute approximate surface area is 110 Å². The van der Waals surface area contributed by atoms with Crippen LogP contribution in [-0.4, -0.2) is 32.0 Å². The molecule has 3 N–H and O–H groups in total. The molecule has 1 saturated carbocycles. The van der Waals surface area contributed by atoms with Crippen LogP contribution in [0.1, 0.15) is 12.8 Å². The van der Waals surface area contributed by atoms with Crippen LogP contribution in [0.3, 0.4) is 0 Å². The Hall–Kier alpha value is -0.980. The molecule has 0 spiro atoms. The Kier molecular flexibility index (Phi) is 3.44. The van der Waals surface area contributed by atoms with E-state index in [1.54, 1.807) is 7.11 Å². The standard InChI is InChI=1S/C11H14ClNO4S/c1-17-6-4-7(5-6)18(15,16)11-8(12)2-3-9(13)10(11)14/h2-3,6-7,14H,4-5,13H2,1H3. The van der Waals surface area contributed by atoms with Gasteiger partial charge in [-0.2, -0.15) is 0 Å². The van der Waals surface area contributed by atoms with Gasteiger partial charge in [-0.3, -0.25) is 0 Å². The molecular weight excluding hydrogens is 278 g/mol. The number of ether oxygens (including phenoxy) is 1. The molecule has 1 fully saturated rings. The van der Waals surface area contributed by atoms with Crippen LogP contribution in [0.4, 0.5) is 5.69 Å². The number of phenols is 1. The van der Waals surface area contributed by atoms with E-state index in [4.69, 9.17) is 22.1 Å². The van der Waals surface area contributed by atoms with E-state index in [9.17, 15) is 13.5 Å². The second-order valence-corrected chi connectivity index (χ2v) is 6.88. The molecule has 18 heavy (non-hydrogen) atoms. The first-order valence-corrected chi connectivity index (χ1v) is 7.34. The van der Waals surface area contributed by atoms with Crippen molar-refractivity contribution >= 4 is 27.1 Å². The summed E-state index contributed by atoms with van der Waals surface area (Å²) >= 11 is 5.86. The summed E-state index contributed by atoms with van der Waals surface area (Å²) in [6.45, 7) is 0. The predicted octanol–water partition coefficient (Wildman–Crippen LogP) is 1.58. The third-order valence-electron chi connectivity index (χ3n) is 3.22. The summed E-state index contributed by atoms with van der Waals surface area (Å²) in [5.41, 5.74) is 5.50. The Morgan fingerprint density at radius 3 is 2.61 bits per heavy atom. The lowest BCUT2D eigenvalue weighted by Gasteiger charge is -2.33. The van der Waals surface area contributed by atoms with Crippen molar-refractivity contribution < 1.29 is 18.3 Å². The zero-order chi connectivity index (χ0) is 13.5. The van der Waals surface area contributed by atoms with E-state index >= 15 is 0 Å². The summed E-state index contributed by atoms with van der Waals surface area (Å²) in [6.07, 6.45) is 0.763. The van der Waals surface area contributed by atoms with E-state index in [0.29, 0.717) is 12.8 Å². The number of phenolic OH excluding ortho intramolecular Hbond substituents is 1. The zero-order valence-corrected chi connectivity index (χ0v) is 11.3. The topological polar surface area (TPSA) is 89.6 Å². The van der Waals surface area contributed by atoms with Crippen LogP contribution in [0.25, 0.3) is 0 Å². The van der Waals surface area contributed by atoms with Gasteiger partial charge in [-0.15, -0.1) is 0 Å². The van der Waals surface area contributed by atoms with E-state index in [1.807, 2.05) is 0 Å². The highest BCUT2D eigenvalue weighted by Gasteiger charge is 2.42. The number of aromatic hydroxyl groups is 1. The van der Waals surface area contributed by atoms with Crippen LogP contribution in [0.15, 0.2) is 17.0 Å². The first kappa shape index (κ1) is 13.5. The number of benzene rings is 1. The smallest absolute Gasteiger partial charge is 0.186 e. The minimum Gasteiger partial charge on any atom is -0.504 e. The molecule has 0 radical (unpaired) electrons. The number of nitrogens with two attached hydrogens (primary N) is 1. The van der Waals surface area contributed by atoms with Gasteiger partial charge in [0.1, 0.15) is 4.90 Å². The van der Waals surface area contributed by atoms with Crippen molar-refractivity contribution in [2.75, 3.05) is 12.8 Å². The molecule has 1 aromatic rings. The van der Waals surface area contributed by atoms with Crippen molar-refractivity contribution in [3.8, 4) is 5.75 Å². The largest absolute Gasteiger partial charge is 0.504 e. The van der Waals surface area contributed by atoms with Gasteiger partial charge in [-0.25, -0.2) is 8.42 Å². The van der Waals surface area contributed by atoms with Gasteiger partial charge < -0.3 is 15.6 Å². The second kappa shape index (κ2) is 4.60. The number of anilines is 1. The molecule has 0 aliphatic heterocycles. The maximum absolute atomic E-state index is 12.3. The summed E-state index contributed by atoms with van der Waals surface area (Å²) < 4.78 is 29.7. The number of halogens is 1. The lowest BCUT2D eigenvalue weighted by molar-refractivity contribution is 0.0436. The minimum absolute atomic E-state index is 0.000546. The van der Waals surface area contributed by atoms with Crippen LogP contribution in [-0.2, 0) is 14.6 Å². The summed E-state index contributed by atoms with van der Waals surface area (Å²) in [7, 11) is -2.13. The molecular formula is C11H14ClNO4S. The van der Waals surface area contributed by atoms with Crippen molar-refractivity contribution in [1.29, 1.82) is 0 Å². The van der Waals surface area contributed by atoms with Crippen molar-refractivity contribution in [2.24, 2.45) is 0 Å². The summed E-state index contributed by atoms with van der Waals surface area (Å²) in [5.74, 6) is -0.469. The van der Waals surface area contributed by atoms with Crippen LogP contribution in [0.5, 0.6) is 5.75 Å². The molecule has 0 saturated heterocycles. The minimum atomic E-state index is -3.67. The number of sulfone groups is 1. The van der Waals surface area contributed by atoms with E-state index in [0.717, 1.165) is 0 Å². The summed E-state index contributed by atoms with van der Waals surface area (Å²) in [6, 6.07) is 2.74. The molecule has 0 atom stereocenters. The Balaban J connectivity index is 2.40. The van der Waals surface area contributed by atoms with Gasteiger partial charge in [-0.05, 0) is 25.0 Å². The van der Waals surface area contributed by atoms with Crippen molar-refractivity contribution in [3.63, 3.8) is 0 Å². The van der Waals surface area contributed by atoms with Gasteiger partial charge in [0.2, 0.25) is 0 Å². The Bertz CT molecular complexity index is 567. The fourth-order valence-electron chi connectivity index (χ4n) is 1.96. The Morgan fingerprint density at radius 2 is 2.06 bits per heavy atom. The Morgan fingerprint density at radius 1 is 1.44 bits per heavy atom. The highest BCUT2D eigenvalue weighted by molar-refractivity contribution is 7.92. The average Bonchev–Trinajstić information content (AvgIpc) is 2.22. The number of hydrogen-bond donors (Lipinski definition) is 2. The molecule has 100 valence electrons. The molecule has 7 heteroatoms. The van der Waals surface area contributed by atoms with Gasteiger partial charge >= 0.3 is 0 Å². The lowest BCUT2D eigenvalue weighted by atomic mass is 9.95. The molecule has 0 aromatic heterocycles. The first-order chi connectivity index (χ1) is 8.37. The van der Waals surface area contributed by atoms with Crippen LogP contribution in [0, 0.1) is 0 Å². The highest BCUT2D eigenvalue weighted by Crippen LogP contribution is 2.41. The molecule has 2 rings (SSSR count). The van der Waals surface area contributed by atoms with Crippen molar-refractivity contribution in [2.45, 2.75) is 29.1 Å². The van der Waals surface area contributed by atoms with Gasteiger partial charge in [-0.1, -0.05) is 11.6 Å². The molecule has 1 aliphatic carbocycles. The number of nitrogen functional groups attached to an aromatic ring is 1. The average molecular weight is 292 g/mol. The molecule has 0 heterocycles. The van der Waals surface area contributed by atoms with E-state index < -0.39 is 20.8 Å². The molecule has 5 nitrogen and oxygen atoms in total. The van der Waals surface area contributed by atoms with Gasteiger partial charge in [0.05, 0.1) is 22.1 Å². The SMILES string of the molecule is COC1CC(S(=O)(=O)c2c(Cl)ccc(N)c2O)C1. The van der Waals surface area contributed by atoms with Crippen molar-refractivity contribution in [3.05, 3.63) is 17.2 Å². The molecule has 0 bridgehead atoms. The monoisotopic (exact) mass is 291 g/mol. The van der Waals surface area contributed by atoms with Crippen molar-refractivity contribution in [1.82, 2.24) is 0 Å². The maximum Gasteiger partial charge on any atom is 0.186 e. The molecule has 0 unspecified atom stereocenters. The number of methoxy groups -OCH3 is 1. The fraction of sp³-hybridized carbons (Fsp3) is 0.455. The summed E-state index contributed by atoms with van der Waals surface area (Å²) in [5, 5.41) is 9.20. The molecule has 0 amide bonds. The molecule has 1 aromatic carbocycles. The normalized spacial score (nSPS) is 23.7. The summed E-state index contributed by atoms with van der Waals surface area (Å²) in [4.78, 5) is -0.274. The van der Waals surface area contributed by atoms with Crippen LogP contribution >= 0.6 is 11.6 Å². The van der Waals surface area contributed by atoms with Gasteiger partial charge in [0, 0.05) is 7.11 Å². The highest BCUT2D eigenvalue weighted by atomic mass is 35.5. The third-order valence-corrected chi connectivity index (χ3v) is 5.89. The second-order valence-electron chi connectivity index (χ2n) is 4.31. The number of rotatable bonds is 3. The third kappa shape index (κ3) is 2.04. The van der Waals surface area contributed by atoms with E-state index in [1.165, 1.54) is 12.1 Å². The maximum atomic E-state index is 12.3. The van der Waals surface area contributed by atoms with E-state index in [-0.39, 0.29) is 21.7 Å². The van der Waals surface area contributed by atoms with Crippen LogP contribution < -0.4 is 5.73 Å². The van der Waals surface area contributed by atoms with Gasteiger partial charge in [0.15, 0.2) is 15.6 Å². The van der Waals surface area contributed by atoms with Gasteiger partial charge in [0.25, 0.3) is 0 Å². The fourth-order valence-corrected chi connectivity index (χ4v) is 4.43. The van der Waals surface area contributed by atoms with E-state index in [2.05, 4.69) is 0 Å².